The van der Waals surface area contributed by atoms with Crippen LogP contribution < -0.4 is 5.32 Å². The highest BCUT2D eigenvalue weighted by Crippen LogP contribution is 2.59. The van der Waals surface area contributed by atoms with E-state index in [1.165, 1.54) is 31.3 Å². The van der Waals surface area contributed by atoms with E-state index < -0.39 is 0 Å². The molecule has 0 radical (unpaired) electrons. The molecule has 2 fully saturated rings. The van der Waals surface area contributed by atoms with E-state index in [0.717, 1.165) is 37.8 Å². The molecule has 0 bridgehead atoms. The van der Waals surface area contributed by atoms with Crippen molar-refractivity contribution in [3.63, 3.8) is 0 Å². The monoisotopic (exact) mass is 390 g/mol. The van der Waals surface area contributed by atoms with Gasteiger partial charge in [0.05, 0.1) is 0 Å². The van der Waals surface area contributed by atoms with Crippen molar-refractivity contribution in [3.8, 4) is 11.8 Å². The molecule has 1 atom stereocenters. The molecule has 1 N–H and O–H groups in total. The quantitative estimate of drug-likeness (QED) is 0.630. The van der Waals surface area contributed by atoms with Crippen LogP contribution in [0.2, 0.25) is 0 Å². The van der Waals surface area contributed by atoms with E-state index in [1.54, 1.807) is 0 Å². The summed E-state index contributed by atoms with van der Waals surface area (Å²) >= 11 is 0. The van der Waals surface area contributed by atoms with E-state index >= 15 is 0 Å². The van der Waals surface area contributed by atoms with Crippen LogP contribution in [0.3, 0.4) is 0 Å². The van der Waals surface area contributed by atoms with Gasteiger partial charge in [0.25, 0.3) is 5.91 Å². The Morgan fingerprint density at radius 3 is 2.66 bits per heavy atom. The molecule has 1 heterocycles. The summed E-state index contributed by atoms with van der Waals surface area (Å²) in [6.45, 7) is 2.18. The highest BCUT2D eigenvalue weighted by molar-refractivity contribution is 5.94. The molecule has 1 aromatic rings. The van der Waals surface area contributed by atoms with Crippen molar-refractivity contribution in [3.05, 3.63) is 47.5 Å². The Labute approximate surface area is 173 Å². The standard InChI is InChI=1S/C25H30N2O2/c28-23(12-11-20-7-3-1-4-8-20)27-17-14-25(15-18-27)19-22(25)24(29)26-16-13-21-9-5-2-6-10-21/h1,3-4,7-9,22H,2,5-6,10,13-19H2,(H,26,29)/t22-/m0/s1. The van der Waals surface area contributed by atoms with Crippen LogP contribution in [0.1, 0.15) is 56.9 Å². The van der Waals surface area contributed by atoms with E-state index in [-0.39, 0.29) is 23.1 Å². The second kappa shape index (κ2) is 8.86. The number of benzene rings is 1. The molecular weight excluding hydrogens is 360 g/mol. The Hall–Kier alpha value is -2.54. The maximum Gasteiger partial charge on any atom is 0.298 e. The zero-order valence-corrected chi connectivity index (χ0v) is 17.1. The lowest BCUT2D eigenvalue weighted by Gasteiger charge is -2.31. The first-order chi connectivity index (χ1) is 14.2. The van der Waals surface area contributed by atoms with Crippen LogP contribution in [0.5, 0.6) is 0 Å². The van der Waals surface area contributed by atoms with Gasteiger partial charge < -0.3 is 10.2 Å². The third kappa shape index (κ3) is 4.90. The number of hydrogen-bond acceptors (Lipinski definition) is 2. The van der Waals surface area contributed by atoms with Gasteiger partial charge in [0, 0.05) is 37.0 Å². The Morgan fingerprint density at radius 1 is 1.14 bits per heavy atom. The number of carbonyl (C=O) groups excluding carboxylic acids is 2. The Morgan fingerprint density at radius 2 is 1.93 bits per heavy atom. The molecule has 29 heavy (non-hydrogen) atoms. The maximum absolute atomic E-state index is 12.6. The topological polar surface area (TPSA) is 49.4 Å². The summed E-state index contributed by atoms with van der Waals surface area (Å²) in [6.07, 6.45) is 11.1. The van der Waals surface area contributed by atoms with E-state index in [0.29, 0.717) is 13.1 Å². The van der Waals surface area contributed by atoms with Crippen molar-refractivity contribution < 1.29 is 9.59 Å². The van der Waals surface area contributed by atoms with Gasteiger partial charge in [-0.2, -0.15) is 0 Å². The van der Waals surface area contributed by atoms with Crippen molar-refractivity contribution in [2.75, 3.05) is 19.6 Å². The highest BCUT2D eigenvalue weighted by atomic mass is 16.2. The molecule has 2 amide bonds. The number of nitrogens with zero attached hydrogens (tertiary/aromatic N) is 1. The first-order valence-corrected chi connectivity index (χ1v) is 11.0. The summed E-state index contributed by atoms with van der Waals surface area (Å²) in [5, 5.41) is 3.15. The van der Waals surface area contributed by atoms with Crippen molar-refractivity contribution in [2.24, 2.45) is 11.3 Å². The zero-order chi connectivity index (χ0) is 20.1. The average molecular weight is 391 g/mol. The van der Waals surface area contributed by atoms with Crippen molar-refractivity contribution in [2.45, 2.75) is 51.4 Å². The first kappa shape index (κ1) is 19.8. The molecule has 1 aromatic carbocycles. The first-order valence-electron chi connectivity index (χ1n) is 11.0. The van der Waals surface area contributed by atoms with Gasteiger partial charge in [-0.25, -0.2) is 0 Å². The van der Waals surface area contributed by atoms with E-state index in [1.807, 2.05) is 35.2 Å². The molecular formula is C25H30N2O2. The van der Waals surface area contributed by atoms with Gasteiger partial charge in [-0.3, -0.25) is 9.59 Å². The minimum absolute atomic E-state index is 0.105. The summed E-state index contributed by atoms with van der Waals surface area (Å²) in [4.78, 5) is 26.8. The van der Waals surface area contributed by atoms with Crippen LogP contribution in [-0.2, 0) is 9.59 Å². The molecule has 0 unspecified atom stereocenters. The molecule has 152 valence electrons. The second-order valence-corrected chi connectivity index (χ2v) is 8.68. The minimum atomic E-state index is -0.105. The van der Waals surface area contributed by atoms with Gasteiger partial charge in [-0.05, 0) is 68.9 Å². The predicted octanol–water partition coefficient (Wildman–Crippen LogP) is 3.67. The van der Waals surface area contributed by atoms with Crippen LogP contribution in [0.15, 0.2) is 42.0 Å². The summed E-state index contributed by atoms with van der Waals surface area (Å²) in [6, 6.07) is 9.59. The molecule has 2 aliphatic carbocycles. The number of likely N-dealkylation sites (tertiary alicyclic amines) is 1. The number of allylic oxidation sites excluding steroid dienone is 1. The van der Waals surface area contributed by atoms with Crippen LogP contribution in [-0.4, -0.2) is 36.3 Å². The Bertz CT molecular complexity index is 839. The Kier molecular flexibility index (Phi) is 6.04. The lowest BCUT2D eigenvalue weighted by Crippen LogP contribution is -2.40. The van der Waals surface area contributed by atoms with Gasteiger partial charge in [-0.15, -0.1) is 0 Å². The van der Waals surface area contributed by atoms with Crippen LogP contribution in [0.4, 0.5) is 0 Å². The molecule has 1 saturated carbocycles. The number of hydrogen-bond donors (Lipinski definition) is 1. The number of piperidine rings is 1. The minimum Gasteiger partial charge on any atom is -0.356 e. The summed E-state index contributed by atoms with van der Waals surface area (Å²) in [7, 11) is 0. The fourth-order valence-corrected chi connectivity index (χ4v) is 4.75. The third-order valence-corrected chi connectivity index (χ3v) is 6.77. The number of amides is 2. The molecule has 4 rings (SSSR count). The summed E-state index contributed by atoms with van der Waals surface area (Å²) in [5.74, 6) is 5.95. The smallest absolute Gasteiger partial charge is 0.298 e. The third-order valence-electron chi connectivity index (χ3n) is 6.77. The van der Waals surface area contributed by atoms with E-state index in [9.17, 15) is 9.59 Å². The molecule has 4 nitrogen and oxygen atoms in total. The highest BCUT2D eigenvalue weighted by Gasteiger charge is 2.58. The van der Waals surface area contributed by atoms with Crippen LogP contribution in [0.25, 0.3) is 0 Å². The normalized spacial score (nSPS) is 22.3. The average Bonchev–Trinajstić information content (AvgIpc) is 3.47. The SMILES string of the molecule is O=C(NCCC1=CCCCC1)[C@@H]1CC12CCN(C(=O)C#Cc1ccccc1)CC2. The number of rotatable bonds is 4. The number of carbonyl (C=O) groups is 2. The van der Waals surface area contributed by atoms with Gasteiger partial charge >= 0.3 is 0 Å². The van der Waals surface area contributed by atoms with Crippen molar-refractivity contribution in [1.82, 2.24) is 10.2 Å². The van der Waals surface area contributed by atoms with Gasteiger partial charge in [0.2, 0.25) is 5.91 Å². The summed E-state index contributed by atoms with van der Waals surface area (Å²) in [5.41, 5.74) is 2.49. The lowest BCUT2D eigenvalue weighted by atomic mass is 9.90. The number of nitrogens with one attached hydrogen (secondary N) is 1. The fourth-order valence-electron chi connectivity index (χ4n) is 4.75. The van der Waals surface area contributed by atoms with Crippen LogP contribution >= 0.6 is 0 Å². The Balaban J connectivity index is 1.20. The van der Waals surface area contributed by atoms with E-state index in [2.05, 4.69) is 23.2 Å². The molecule has 3 aliphatic rings. The van der Waals surface area contributed by atoms with Crippen molar-refractivity contribution in [1.29, 1.82) is 0 Å². The lowest BCUT2D eigenvalue weighted by molar-refractivity contribution is -0.127. The maximum atomic E-state index is 12.6. The molecule has 1 spiro atoms. The van der Waals surface area contributed by atoms with Gasteiger partial charge in [0.1, 0.15) is 0 Å². The zero-order valence-electron chi connectivity index (χ0n) is 17.1. The van der Waals surface area contributed by atoms with Gasteiger partial charge in [-0.1, -0.05) is 35.8 Å². The van der Waals surface area contributed by atoms with Gasteiger partial charge in [0.15, 0.2) is 0 Å². The predicted molar refractivity (Wildman–Crippen MR) is 114 cm³/mol. The molecule has 1 saturated heterocycles. The van der Waals surface area contributed by atoms with Crippen LogP contribution in [0, 0.1) is 23.2 Å². The second-order valence-electron chi connectivity index (χ2n) is 8.68. The molecule has 1 aliphatic heterocycles. The summed E-state index contributed by atoms with van der Waals surface area (Å²) < 4.78 is 0. The largest absolute Gasteiger partial charge is 0.356 e. The van der Waals surface area contributed by atoms with Crippen molar-refractivity contribution >= 4 is 11.8 Å². The molecule has 4 heteroatoms. The fraction of sp³-hybridized carbons (Fsp3) is 0.520. The molecule has 0 aromatic heterocycles. The van der Waals surface area contributed by atoms with E-state index in [4.69, 9.17) is 0 Å².